The molecule has 0 saturated carbocycles. The van der Waals surface area contributed by atoms with Crippen molar-refractivity contribution in [2.45, 2.75) is 6.42 Å². The Morgan fingerprint density at radius 2 is 2.38 bits per heavy atom. The first-order valence-electron chi connectivity index (χ1n) is 4.07. The van der Waals surface area contributed by atoms with Gasteiger partial charge in [-0.2, -0.15) is 0 Å². The summed E-state index contributed by atoms with van der Waals surface area (Å²) in [6, 6.07) is 0. The Morgan fingerprint density at radius 1 is 1.62 bits per heavy atom. The van der Waals surface area contributed by atoms with E-state index < -0.39 is 0 Å². The minimum atomic E-state index is 0.734. The van der Waals surface area contributed by atoms with Crippen LogP contribution in [0.2, 0.25) is 0 Å². The molecular weight excluding hydrogens is 252 g/mol. The van der Waals surface area contributed by atoms with E-state index in [-0.39, 0.29) is 0 Å². The molecule has 13 heavy (non-hydrogen) atoms. The number of nitrogens with zero attached hydrogens (tertiary/aromatic N) is 2. The largest absolute Gasteiger partial charge is 0.470 e. The molecule has 1 aromatic rings. The Morgan fingerprint density at radius 3 is 2.92 bits per heavy atom. The summed E-state index contributed by atoms with van der Waals surface area (Å²) in [5, 5.41) is 0.741. The molecule has 0 saturated heterocycles. The summed E-state index contributed by atoms with van der Waals surface area (Å²) in [5.41, 5.74) is 0. The Kier molecular flexibility index (Phi) is 4.69. The van der Waals surface area contributed by atoms with Crippen LogP contribution in [0.1, 0.15) is 6.42 Å². The van der Waals surface area contributed by atoms with Gasteiger partial charge in [0, 0.05) is 6.54 Å². The third-order valence-corrected chi connectivity index (χ3v) is 2.82. The quantitative estimate of drug-likeness (QED) is 0.763. The molecule has 0 aliphatic heterocycles. The Balaban J connectivity index is 2.13. The summed E-state index contributed by atoms with van der Waals surface area (Å²) >= 11 is 4.85. The average molecular weight is 265 g/mol. The molecule has 0 aliphatic rings. The van der Waals surface area contributed by atoms with Crippen LogP contribution in [0, 0.1) is 0 Å². The molecule has 1 aromatic heterocycles. The second-order valence-corrected chi connectivity index (χ2v) is 5.31. The Bertz CT molecular complexity index is 252. The van der Waals surface area contributed by atoms with Crippen molar-refractivity contribution in [3.63, 3.8) is 0 Å². The van der Waals surface area contributed by atoms with Crippen LogP contribution in [0.15, 0.2) is 9.98 Å². The zero-order valence-corrected chi connectivity index (χ0v) is 10.2. The van der Waals surface area contributed by atoms with Gasteiger partial charge in [0.1, 0.15) is 0 Å². The first kappa shape index (κ1) is 10.9. The molecule has 1 heterocycles. The maximum atomic E-state index is 5.43. The van der Waals surface area contributed by atoms with Crippen molar-refractivity contribution in [3.8, 4) is 5.19 Å². The van der Waals surface area contributed by atoms with Gasteiger partial charge >= 0.3 is 0 Å². The summed E-state index contributed by atoms with van der Waals surface area (Å²) in [6.07, 6.45) is 2.79. The highest BCUT2D eigenvalue weighted by molar-refractivity contribution is 9.11. The number of halogens is 1. The second kappa shape index (κ2) is 5.57. The lowest BCUT2D eigenvalue weighted by molar-refractivity contribution is 0.280. The molecule has 0 aliphatic carbocycles. The molecule has 74 valence electrons. The predicted molar refractivity (Wildman–Crippen MR) is 58.5 cm³/mol. The average Bonchev–Trinajstić information content (AvgIpc) is 2.45. The summed E-state index contributed by atoms with van der Waals surface area (Å²) in [6.45, 7) is 1.78. The Hall–Kier alpha value is -0.130. The first-order chi connectivity index (χ1) is 6.18. The fourth-order valence-corrected chi connectivity index (χ4v) is 1.88. The molecule has 0 amide bonds. The topological polar surface area (TPSA) is 25.4 Å². The van der Waals surface area contributed by atoms with Gasteiger partial charge in [0.25, 0.3) is 5.19 Å². The van der Waals surface area contributed by atoms with E-state index in [0.717, 1.165) is 28.6 Å². The molecule has 0 atom stereocenters. The van der Waals surface area contributed by atoms with Crippen molar-refractivity contribution in [2.75, 3.05) is 27.2 Å². The van der Waals surface area contributed by atoms with Crippen LogP contribution in [-0.4, -0.2) is 37.1 Å². The molecule has 0 fully saturated rings. The molecule has 0 unspecified atom stereocenters. The number of thiazole rings is 1. The van der Waals surface area contributed by atoms with Crippen LogP contribution in [-0.2, 0) is 0 Å². The summed E-state index contributed by atoms with van der Waals surface area (Å²) in [5.74, 6) is 0. The highest BCUT2D eigenvalue weighted by atomic mass is 79.9. The molecule has 0 radical (unpaired) electrons. The minimum Gasteiger partial charge on any atom is -0.470 e. The Labute approximate surface area is 90.9 Å². The van der Waals surface area contributed by atoms with E-state index in [1.54, 1.807) is 6.20 Å². The highest BCUT2D eigenvalue weighted by Gasteiger charge is 1.99. The number of hydrogen-bond donors (Lipinski definition) is 0. The van der Waals surface area contributed by atoms with Gasteiger partial charge in [-0.25, -0.2) is 4.98 Å². The van der Waals surface area contributed by atoms with Crippen molar-refractivity contribution >= 4 is 27.3 Å². The number of hydrogen-bond acceptors (Lipinski definition) is 4. The monoisotopic (exact) mass is 264 g/mol. The van der Waals surface area contributed by atoms with E-state index in [0.29, 0.717) is 0 Å². The van der Waals surface area contributed by atoms with Gasteiger partial charge in [0.2, 0.25) is 0 Å². The fourth-order valence-electron chi connectivity index (χ4n) is 0.847. The number of aromatic nitrogens is 1. The maximum absolute atomic E-state index is 5.43. The van der Waals surface area contributed by atoms with Gasteiger partial charge < -0.3 is 9.64 Å². The first-order valence-corrected chi connectivity index (χ1v) is 5.68. The van der Waals surface area contributed by atoms with E-state index >= 15 is 0 Å². The third kappa shape index (κ3) is 4.59. The van der Waals surface area contributed by atoms with Crippen LogP contribution < -0.4 is 4.74 Å². The van der Waals surface area contributed by atoms with Crippen LogP contribution in [0.4, 0.5) is 0 Å². The summed E-state index contributed by atoms with van der Waals surface area (Å²) in [4.78, 5) is 6.21. The van der Waals surface area contributed by atoms with Crippen LogP contribution in [0.25, 0.3) is 0 Å². The summed E-state index contributed by atoms with van der Waals surface area (Å²) < 4.78 is 6.44. The van der Waals surface area contributed by atoms with Crippen molar-refractivity contribution in [2.24, 2.45) is 0 Å². The minimum absolute atomic E-state index is 0.734. The standard InChI is InChI=1S/C8H13BrN2OS/c1-11(2)4-3-5-12-8-10-6-7(9)13-8/h6H,3-5H2,1-2H3. The van der Waals surface area contributed by atoms with Gasteiger partial charge in [0.05, 0.1) is 16.6 Å². The molecule has 0 N–H and O–H groups in total. The third-order valence-electron chi connectivity index (χ3n) is 1.43. The molecule has 5 heteroatoms. The lowest BCUT2D eigenvalue weighted by Gasteiger charge is -2.08. The van der Waals surface area contributed by atoms with Crippen molar-refractivity contribution < 1.29 is 4.74 Å². The number of rotatable bonds is 5. The lowest BCUT2D eigenvalue weighted by atomic mass is 10.4. The van der Waals surface area contributed by atoms with Crippen molar-refractivity contribution in [3.05, 3.63) is 9.98 Å². The molecule has 0 spiro atoms. The van der Waals surface area contributed by atoms with Gasteiger partial charge in [-0.15, -0.1) is 0 Å². The van der Waals surface area contributed by atoms with E-state index in [1.807, 2.05) is 0 Å². The second-order valence-electron chi connectivity index (χ2n) is 2.94. The zero-order chi connectivity index (χ0) is 9.68. The normalized spacial score (nSPS) is 10.8. The van der Waals surface area contributed by atoms with Gasteiger partial charge in [-0.1, -0.05) is 11.3 Å². The predicted octanol–water partition coefficient (Wildman–Crippen LogP) is 2.24. The fraction of sp³-hybridized carbons (Fsp3) is 0.625. The highest BCUT2D eigenvalue weighted by Crippen LogP contribution is 2.24. The van der Waals surface area contributed by atoms with Gasteiger partial charge in [-0.05, 0) is 36.4 Å². The molecular formula is C8H13BrN2OS. The molecule has 3 nitrogen and oxygen atoms in total. The van der Waals surface area contributed by atoms with Crippen LogP contribution in [0.5, 0.6) is 5.19 Å². The van der Waals surface area contributed by atoms with E-state index in [4.69, 9.17) is 4.74 Å². The van der Waals surface area contributed by atoms with Crippen LogP contribution in [0.3, 0.4) is 0 Å². The van der Waals surface area contributed by atoms with E-state index in [9.17, 15) is 0 Å². The van der Waals surface area contributed by atoms with Gasteiger partial charge in [0.15, 0.2) is 0 Å². The number of ether oxygens (including phenoxy) is 1. The van der Waals surface area contributed by atoms with Crippen molar-refractivity contribution in [1.82, 2.24) is 9.88 Å². The lowest BCUT2D eigenvalue weighted by Crippen LogP contribution is -2.15. The summed E-state index contributed by atoms with van der Waals surface area (Å²) in [7, 11) is 4.11. The molecule has 1 rings (SSSR count). The van der Waals surface area contributed by atoms with E-state index in [1.165, 1.54) is 11.3 Å². The van der Waals surface area contributed by atoms with Crippen molar-refractivity contribution in [1.29, 1.82) is 0 Å². The smallest absolute Gasteiger partial charge is 0.274 e. The van der Waals surface area contributed by atoms with E-state index in [2.05, 4.69) is 39.9 Å². The zero-order valence-electron chi connectivity index (χ0n) is 7.79. The maximum Gasteiger partial charge on any atom is 0.274 e. The molecule has 0 aromatic carbocycles. The molecule has 0 bridgehead atoms. The SMILES string of the molecule is CN(C)CCCOc1ncc(Br)s1. The van der Waals surface area contributed by atoms with Gasteiger partial charge in [-0.3, -0.25) is 0 Å². The van der Waals surface area contributed by atoms with Crippen LogP contribution >= 0.6 is 27.3 Å².